The van der Waals surface area contributed by atoms with Gasteiger partial charge in [-0.1, -0.05) is 13.8 Å². The van der Waals surface area contributed by atoms with Gasteiger partial charge in [0.15, 0.2) is 0 Å². The summed E-state index contributed by atoms with van der Waals surface area (Å²) in [6.07, 6.45) is 0.623. The van der Waals surface area contributed by atoms with Gasteiger partial charge in [-0.15, -0.1) is 0 Å². The smallest absolute Gasteiger partial charge is 0.123 e. The molecule has 0 aliphatic carbocycles. The van der Waals surface area contributed by atoms with E-state index in [-0.39, 0.29) is 11.9 Å². The number of hydrogen-bond acceptors (Lipinski definition) is 3. The van der Waals surface area contributed by atoms with Crippen LogP contribution in [-0.2, 0) is 6.42 Å². The third-order valence-electron chi connectivity index (χ3n) is 3.12. The number of benzene rings is 1. The van der Waals surface area contributed by atoms with E-state index in [1.54, 1.807) is 6.07 Å². The summed E-state index contributed by atoms with van der Waals surface area (Å²) in [5.41, 5.74) is 6.62. The van der Waals surface area contributed by atoms with E-state index in [9.17, 15) is 4.39 Å². The summed E-state index contributed by atoms with van der Waals surface area (Å²) in [5, 5.41) is 0. The first-order chi connectivity index (χ1) is 9.06. The lowest BCUT2D eigenvalue weighted by atomic mass is 10.1. The minimum absolute atomic E-state index is 0.00747. The molecule has 0 amide bonds. The number of nitrogens with zero attached hydrogens (tertiary/aromatic N) is 1. The average Bonchev–Trinajstić information content (AvgIpc) is 2.36. The van der Waals surface area contributed by atoms with E-state index in [1.165, 1.54) is 12.1 Å². The topological polar surface area (TPSA) is 38.5 Å². The lowest BCUT2D eigenvalue weighted by Gasteiger charge is -2.19. The standard InChI is InChI=1S/C15H25FN2O/c1-4-18(5-2)8-9-19-15-7-6-14(16)11-13(15)10-12(3)17/h6-7,11-12H,4-5,8-10,17H2,1-3H3. The van der Waals surface area contributed by atoms with Gasteiger partial charge in [-0.25, -0.2) is 4.39 Å². The van der Waals surface area contributed by atoms with Crippen LogP contribution in [0, 0.1) is 5.82 Å². The lowest BCUT2D eigenvalue weighted by Crippen LogP contribution is -2.28. The molecule has 0 aliphatic rings. The van der Waals surface area contributed by atoms with Crippen LogP contribution in [-0.4, -0.2) is 37.2 Å². The van der Waals surface area contributed by atoms with Gasteiger partial charge in [0.2, 0.25) is 0 Å². The van der Waals surface area contributed by atoms with Crippen LogP contribution in [0.25, 0.3) is 0 Å². The van der Waals surface area contributed by atoms with E-state index in [4.69, 9.17) is 10.5 Å². The molecule has 4 heteroatoms. The molecule has 108 valence electrons. The van der Waals surface area contributed by atoms with Crippen LogP contribution < -0.4 is 10.5 Å². The van der Waals surface area contributed by atoms with E-state index in [0.717, 1.165) is 30.9 Å². The fourth-order valence-electron chi connectivity index (χ4n) is 2.02. The number of nitrogens with two attached hydrogens (primary N) is 1. The molecule has 1 unspecified atom stereocenters. The Hall–Kier alpha value is -1.13. The van der Waals surface area contributed by atoms with Gasteiger partial charge in [0.1, 0.15) is 18.2 Å². The zero-order chi connectivity index (χ0) is 14.3. The van der Waals surface area contributed by atoms with Crippen molar-refractivity contribution in [2.24, 2.45) is 5.73 Å². The third-order valence-corrected chi connectivity index (χ3v) is 3.12. The molecule has 1 aromatic rings. The molecule has 1 atom stereocenters. The summed E-state index contributed by atoms with van der Waals surface area (Å²) >= 11 is 0. The van der Waals surface area contributed by atoms with Crippen molar-refractivity contribution in [1.29, 1.82) is 0 Å². The summed E-state index contributed by atoms with van der Waals surface area (Å²) in [7, 11) is 0. The Labute approximate surface area is 115 Å². The van der Waals surface area contributed by atoms with E-state index < -0.39 is 0 Å². The van der Waals surface area contributed by atoms with Gasteiger partial charge in [0.05, 0.1) is 0 Å². The van der Waals surface area contributed by atoms with Crippen LogP contribution in [0.1, 0.15) is 26.3 Å². The molecule has 19 heavy (non-hydrogen) atoms. The first kappa shape index (κ1) is 15.9. The first-order valence-electron chi connectivity index (χ1n) is 6.96. The van der Waals surface area contributed by atoms with Crippen LogP contribution in [0.3, 0.4) is 0 Å². The second kappa shape index (κ2) is 8.12. The lowest BCUT2D eigenvalue weighted by molar-refractivity contribution is 0.221. The van der Waals surface area contributed by atoms with Gasteiger partial charge in [0.25, 0.3) is 0 Å². The van der Waals surface area contributed by atoms with E-state index in [2.05, 4.69) is 18.7 Å². The maximum absolute atomic E-state index is 13.3. The Morgan fingerprint density at radius 3 is 2.58 bits per heavy atom. The SMILES string of the molecule is CCN(CC)CCOc1ccc(F)cc1CC(C)N. The summed E-state index contributed by atoms with van der Waals surface area (Å²) in [5.74, 6) is 0.498. The van der Waals surface area contributed by atoms with E-state index in [0.29, 0.717) is 13.0 Å². The van der Waals surface area contributed by atoms with Crippen molar-refractivity contribution < 1.29 is 9.13 Å². The molecule has 0 spiro atoms. The summed E-state index contributed by atoms with van der Waals surface area (Å²) in [6.45, 7) is 9.67. The van der Waals surface area contributed by atoms with Crippen molar-refractivity contribution in [2.45, 2.75) is 33.2 Å². The molecular weight excluding hydrogens is 243 g/mol. The monoisotopic (exact) mass is 268 g/mol. The molecule has 0 fully saturated rings. The van der Waals surface area contributed by atoms with Crippen molar-refractivity contribution in [1.82, 2.24) is 4.90 Å². The minimum Gasteiger partial charge on any atom is -0.492 e. The molecule has 0 aliphatic heterocycles. The Kier molecular flexibility index (Phi) is 6.81. The summed E-state index contributed by atoms with van der Waals surface area (Å²) < 4.78 is 19.0. The number of rotatable bonds is 8. The maximum atomic E-state index is 13.3. The number of hydrogen-bond donors (Lipinski definition) is 1. The molecule has 0 aromatic heterocycles. The predicted octanol–water partition coefficient (Wildman–Crippen LogP) is 2.44. The van der Waals surface area contributed by atoms with Crippen LogP contribution >= 0.6 is 0 Å². The van der Waals surface area contributed by atoms with E-state index >= 15 is 0 Å². The largest absolute Gasteiger partial charge is 0.492 e. The normalized spacial score (nSPS) is 12.7. The maximum Gasteiger partial charge on any atom is 0.123 e. The van der Waals surface area contributed by atoms with Crippen LogP contribution in [0.15, 0.2) is 18.2 Å². The molecular formula is C15H25FN2O. The van der Waals surface area contributed by atoms with Crippen molar-refractivity contribution in [3.8, 4) is 5.75 Å². The van der Waals surface area contributed by atoms with Crippen molar-refractivity contribution in [3.63, 3.8) is 0 Å². The van der Waals surface area contributed by atoms with Crippen molar-refractivity contribution in [3.05, 3.63) is 29.6 Å². The summed E-state index contributed by atoms with van der Waals surface area (Å²) in [4.78, 5) is 2.29. The Morgan fingerprint density at radius 1 is 1.32 bits per heavy atom. The fraction of sp³-hybridized carbons (Fsp3) is 0.600. The Bertz CT molecular complexity index is 378. The Morgan fingerprint density at radius 2 is 2.00 bits per heavy atom. The second-order valence-electron chi connectivity index (χ2n) is 4.81. The molecule has 0 bridgehead atoms. The fourth-order valence-corrected chi connectivity index (χ4v) is 2.02. The number of likely N-dealkylation sites (N-methyl/N-ethyl adjacent to an activating group) is 1. The number of halogens is 1. The van der Waals surface area contributed by atoms with E-state index in [1.807, 2.05) is 6.92 Å². The van der Waals surface area contributed by atoms with Gasteiger partial charge in [-0.2, -0.15) is 0 Å². The molecule has 2 N–H and O–H groups in total. The quantitative estimate of drug-likeness (QED) is 0.787. The average molecular weight is 268 g/mol. The third kappa shape index (κ3) is 5.57. The Balaban J connectivity index is 2.61. The molecule has 1 aromatic carbocycles. The molecule has 0 saturated carbocycles. The van der Waals surface area contributed by atoms with Gasteiger partial charge >= 0.3 is 0 Å². The van der Waals surface area contributed by atoms with Crippen LogP contribution in [0.4, 0.5) is 4.39 Å². The molecule has 3 nitrogen and oxygen atoms in total. The van der Waals surface area contributed by atoms with Gasteiger partial charge in [0, 0.05) is 12.6 Å². The highest BCUT2D eigenvalue weighted by molar-refractivity contribution is 5.34. The van der Waals surface area contributed by atoms with Gasteiger partial charge in [-0.3, -0.25) is 0 Å². The van der Waals surface area contributed by atoms with Crippen molar-refractivity contribution >= 4 is 0 Å². The molecule has 0 saturated heterocycles. The predicted molar refractivity (Wildman–Crippen MR) is 77.0 cm³/mol. The first-order valence-corrected chi connectivity index (χ1v) is 6.96. The van der Waals surface area contributed by atoms with Gasteiger partial charge < -0.3 is 15.4 Å². The zero-order valence-corrected chi connectivity index (χ0v) is 12.2. The molecule has 0 radical (unpaired) electrons. The molecule has 1 rings (SSSR count). The van der Waals surface area contributed by atoms with Crippen molar-refractivity contribution in [2.75, 3.05) is 26.2 Å². The van der Waals surface area contributed by atoms with Crippen LogP contribution in [0.5, 0.6) is 5.75 Å². The highest BCUT2D eigenvalue weighted by atomic mass is 19.1. The second-order valence-corrected chi connectivity index (χ2v) is 4.81. The highest BCUT2D eigenvalue weighted by Crippen LogP contribution is 2.21. The minimum atomic E-state index is -0.244. The molecule has 0 heterocycles. The number of ether oxygens (including phenoxy) is 1. The summed E-state index contributed by atoms with van der Waals surface area (Å²) in [6, 6.07) is 4.62. The van der Waals surface area contributed by atoms with Crippen LogP contribution in [0.2, 0.25) is 0 Å². The van der Waals surface area contributed by atoms with Gasteiger partial charge in [-0.05, 0) is 50.2 Å². The zero-order valence-electron chi connectivity index (χ0n) is 12.2. The highest BCUT2D eigenvalue weighted by Gasteiger charge is 2.08.